The van der Waals surface area contributed by atoms with Crippen LogP contribution in [0.5, 0.6) is 0 Å². The second-order valence-electron chi connectivity index (χ2n) is 7.38. The molecule has 1 unspecified atom stereocenters. The molecule has 0 saturated heterocycles. The second kappa shape index (κ2) is 7.65. The predicted molar refractivity (Wildman–Crippen MR) is 112 cm³/mol. The molecule has 0 aliphatic carbocycles. The summed E-state index contributed by atoms with van der Waals surface area (Å²) in [5.74, 6) is 0.439. The molecule has 0 amide bonds. The van der Waals surface area contributed by atoms with Crippen LogP contribution in [0.15, 0.2) is 34.2 Å². The molecule has 6 nitrogen and oxygen atoms in total. The highest BCUT2D eigenvalue weighted by Gasteiger charge is 2.30. The highest BCUT2D eigenvalue weighted by Crippen LogP contribution is 2.39. The summed E-state index contributed by atoms with van der Waals surface area (Å²) in [6, 6.07) is 10.1. The lowest BCUT2D eigenvalue weighted by Crippen LogP contribution is -2.21. The fourth-order valence-corrected chi connectivity index (χ4v) is 4.59. The Morgan fingerprint density at radius 2 is 2.17 bits per heavy atom. The van der Waals surface area contributed by atoms with Gasteiger partial charge in [-0.05, 0) is 37.5 Å². The number of hydrogen-bond acceptors (Lipinski definition) is 6. The van der Waals surface area contributed by atoms with Crippen molar-refractivity contribution in [1.82, 2.24) is 8.94 Å². The Hall–Kier alpha value is -2.64. The number of aromatic nitrogens is 2. The van der Waals surface area contributed by atoms with E-state index in [-0.39, 0.29) is 6.61 Å². The molecule has 1 atom stereocenters. The summed E-state index contributed by atoms with van der Waals surface area (Å²) >= 11 is 1.19. The van der Waals surface area contributed by atoms with Gasteiger partial charge in [0.15, 0.2) is 12.4 Å². The van der Waals surface area contributed by atoms with Gasteiger partial charge in [-0.1, -0.05) is 32.0 Å². The normalized spacial score (nSPS) is 14.2. The molecule has 1 aliphatic rings. The molecule has 0 radical (unpaired) electrons. The number of para-hydroxylation sites is 1. The van der Waals surface area contributed by atoms with Gasteiger partial charge in [0.25, 0.3) is 6.47 Å². The maximum Gasteiger partial charge on any atom is 0.293 e. The first kappa shape index (κ1) is 19.7. The molecular formula is C22H24N2O4S. The van der Waals surface area contributed by atoms with Crippen molar-refractivity contribution in [3.63, 3.8) is 0 Å². The summed E-state index contributed by atoms with van der Waals surface area (Å²) in [5, 5.41) is 12.2. The summed E-state index contributed by atoms with van der Waals surface area (Å²) in [6.45, 7) is 6.82. The quantitative estimate of drug-likeness (QED) is 0.465. The number of pyridine rings is 1. The smallest absolute Gasteiger partial charge is 0.293 e. The molecule has 29 heavy (non-hydrogen) atoms. The standard InChI is InChI=1S/C22H24N2O4S/c1-4-14-15-8-6-7-9-18(15)23-21-16(14)11-24-19(21)10-17(22(3,26)5-2)20(28-29-24)12-27-13-25/h6-10,13,26H,4-5,11-12H2,1-3H3. The lowest BCUT2D eigenvalue weighted by molar-refractivity contribution is -0.130. The Bertz CT molecular complexity index is 1120. The number of nitrogens with zero attached hydrogens (tertiary/aromatic N) is 2. The fourth-order valence-electron chi connectivity index (χ4n) is 3.87. The third-order valence-electron chi connectivity index (χ3n) is 5.64. The van der Waals surface area contributed by atoms with E-state index in [1.807, 2.05) is 35.1 Å². The van der Waals surface area contributed by atoms with Gasteiger partial charge in [-0.25, -0.2) is 4.98 Å². The van der Waals surface area contributed by atoms with Crippen LogP contribution in [0, 0.1) is 0 Å². The fraction of sp³-hybridized carbons (Fsp3) is 0.364. The minimum absolute atomic E-state index is 0.0299. The topological polar surface area (TPSA) is 77.5 Å². The minimum atomic E-state index is -1.13. The maximum atomic E-state index is 11.0. The molecule has 152 valence electrons. The zero-order chi connectivity index (χ0) is 20.6. The second-order valence-corrected chi connectivity index (χ2v) is 8.14. The number of hydrogen-bond donors (Lipinski definition) is 1. The van der Waals surface area contributed by atoms with E-state index in [1.54, 1.807) is 6.92 Å². The average molecular weight is 413 g/mol. The van der Waals surface area contributed by atoms with E-state index >= 15 is 0 Å². The van der Waals surface area contributed by atoms with E-state index < -0.39 is 5.60 Å². The van der Waals surface area contributed by atoms with Crippen LogP contribution in [0.2, 0.25) is 0 Å². The van der Waals surface area contributed by atoms with Gasteiger partial charge in [-0.15, -0.1) is 0 Å². The minimum Gasteiger partial charge on any atom is -0.460 e. The van der Waals surface area contributed by atoms with E-state index in [9.17, 15) is 9.90 Å². The maximum absolute atomic E-state index is 11.0. The number of fused-ring (bicyclic) bond motifs is 4. The lowest BCUT2D eigenvalue weighted by atomic mass is 9.92. The zero-order valence-corrected chi connectivity index (χ0v) is 17.6. The SMILES string of the molecule is CCc1c2c(nc3ccccc13)-c1cc(C(C)(O)CC)c(COC=O)osn1C2. The molecular weight excluding hydrogens is 388 g/mol. The van der Waals surface area contributed by atoms with Crippen LogP contribution in [-0.4, -0.2) is 20.5 Å². The summed E-state index contributed by atoms with van der Waals surface area (Å²) in [4.78, 5) is 15.7. The number of ether oxygens (including phenoxy) is 1. The Kier molecular flexibility index (Phi) is 5.19. The molecule has 7 heteroatoms. The molecule has 4 rings (SSSR count). The van der Waals surface area contributed by atoms with Crippen LogP contribution in [0.1, 0.15) is 49.6 Å². The highest BCUT2D eigenvalue weighted by molar-refractivity contribution is 6.97. The van der Waals surface area contributed by atoms with E-state index in [0.717, 1.165) is 23.3 Å². The van der Waals surface area contributed by atoms with E-state index in [0.29, 0.717) is 30.8 Å². The van der Waals surface area contributed by atoms with Crippen molar-refractivity contribution in [2.24, 2.45) is 0 Å². The molecule has 2 aromatic heterocycles. The van der Waals surface area contributed by atoms with Crippen LogP contribution < -0.4 is 0 Å². The van der Waals surface area contributed by atoms with E-state index in [2.05, 4.69) is 13.0 Å². The molecule has 1 aliphatic heterocycles. The van der Waals surface area contributed by atoms with Gasteiger partial charge >= 0.3 is 0 Å². The molecule has 0 fully saturated rings. The number of carbonyl (C=O) groups excluding carboxylic acids is 1. The Labute approximate surface area is 173 Å². The van der Waals surface area contributed by atoms with E-state index in [1.165, 1.54) is 28.3 Å². The van der Waals surface area contributed by atoms with Crippen molar-refractivity contribution in [1.29, 1.82) is 0 Å². The van der Waals surface area contributed by atoms with Gasteiger partial charge in [-0.2, -0.15) is 0 Å². The molecule has 0 spiro atoms. The molecule has 1 aromatic carbocycles. The van der Waals surface area contributed by atoms with Gasteiger partial charge in [0, 0.05) is 16.5 Å². The summed E-state index contributed by atoms with van der Waals surface area (Å²) in [6.07, 6.45) is 1.40. The van der Waals surface area contributed by atoms with Gasteiger partial charge < -0.3 is 13.7 Å². The van der Waals surface area contributed by atoms with E-state index in [4.69, 9.17) is 13.6 Å². The predicted octanol–water partition coefficient (Wildman–Crippen LogP) is 4.70. The number of rotatable bonds is 6. The third-order valence-corrected chi connectivity index (χ3v) is 6.42. The first-order valence-corrected chi connectivity index (χ1v) is 10.5. The Balaban J connectivity index is 1.99. The molecule has 3 heterocycles. The summed E-state index contributed by atoms with van der Waals surface area (Å²) in [7, 11) is 0. The number of aliphatic hydroxyl groups is 1. The van der Waals surface area contributed by atoms with Crippen molar-refractivity contribution >= 4 is 29.2 Å². The van der Waals surface area contributed by atoms with Crippen LogP contribution in [0.25, 0.3) is 22.3 Å². The highest BCUT2D eigenvalue weighted by atomic mass is 32.1. The first-order chi connectivity index (χ1) is 14.0. The van der Waals surface area contributed by atoms with Crippen molar-refractivity contribution in [2.75, 3.05) is 0 Å². The van der Waals surface area contributed by atoms with Gasteiger partial charge in [-0.3, -0.25) is 8.75 Å². The Morgan fingerprint density at radius 1 is 1.38 bits per heavy atom. The van der Waals surface area contributed by atoms with Crippen molar-refractivity contribution in [2.45, 2.75) is 52.4 Å². The van der Waals surface area contributed by atoms with Crippen molar-refractivity contribution in [3.05, 3.63) is 52.8 Å². The summed E-state index contributed by atoms with van der Waals surface area (Å²) in [5.41, 5.74) is 4.73. The molecule has 0 saturated carbocycles. The average Bonchev–Trinajstić information content (AvgIpc) is 2.96. The largest absolute Gasteiger partial charge is 0.460 e. The number of carbonyl (C=O) groups is 1. The van der Waals surface area contributed by atoms with Crippen LogP contribution in [-0.2, 0) is 34.7 Å². The van der Waals surface area contributed by atoms with Crippen LogP contribution >= 0.6 is 11.8 Å². The lowest BCUT2D eigenvalue weighted by Gasteiger charge is -2.22. The van der Waals surface area contributed by atoms with Crippen molar-refractivity contribution < 1.29 is 18.5 Å². The van der Waals surface area contributed by atoms with Gasteiger partial charge in [0.1, 0.15) is 11.8 Å². The van der Waals surface area contributed by atoms with Gasteiger partial charge in [0.05, 0.1) is 29.1 Å². The third kappa shape index (κ3) is 3.34. The molecule has 1 N–H and O–H groups in total. The van der Waals surface area contributed by atoms with Crippen LogP contribution in [0.4, 0.5) is 0 Å². The number of aryl methyl sites for hydroxylation is 1. The zero-order valence-electron chi connectivity index (χ0n) is 16.8. The van der Waals surface area contributed by atoms with Crippen LogP contribution in [0.3, 0.4) is 0 Å². The molecule has 0 bridgehead atoms. The van der Waals surface area contributed by atoms with Crippen molar-refractivity contribution in [3.8, 4) is 11.4 Å². The Morgan fingerprint density at radius 3 is 2.90 bits per heavy atom. The molecule has 3 aromatic rings. The number of benzene rings is 1. The monoisotopic (exact) mass is 412 g/mol. The summed E-state index contributed by atoms with van der Waals surface area (Å²) < 4.78 is 12.9. The van der Waals surface area contributed by atoms with Gasteiger partial charge in [0.2, 0.25) is 0 Å². The first-order valence-electron chi connectivity index (χ1n) is 9.76.